The van der Waals surface area contributed by atoms with E-state index in [2.05, 4.69) is 6.92 Å². The summed E-state index contributed by atoms with van der Waals surface area (Å²) in [5.74, 6) is 0.820. The average Bonchev–Trinajstić information content (AvgIpc) is 3.14. The van der Waals surface area contributed by atoms with Crippen LogP contribution >= 0.6 is 0 Å². The molecule has 3 N–H and O–H groups in total. The van der Waals surface area contributed by atoms with Gasteiger partial charge in [-0.15, -0.1) is 0 Å². The molecule has 0 heterocycles. The lowest BCUT2D eigenvalue weighted by Gasteiger charge is -2.26. The molecular formula is C15H23NO2. The highest BCUT2D eigenvalue weighted by Gasteiger charge is 2.38. The number of ether oxygens (including phenoxy) is 1. The Hall–Kier alpha value is -1.06. The summed E-state index contributed by atoms with van der Waals surface area (Å²) in [4.78, 5) is 0. The van der Waals surface area contributed by atoms with Crippen LogP contribution in [-0.4, -0.2) is 18.3 Å². The van der Waals surface area contributed by atoms with E-state index in [0.717, 1.165) is 17.9 Å². The minimum Gasteiger partial charge on any atom is -0.493 e. The fraction of sp³-hybridized carbons (Fsp3) is 0.600. The quantitative estimate of drug-likeness (QED) is 0.814. The first-order valence-electron chi connectivity index (χ1n) is 6.67. The van der Waals surface area contributed by atoms with Crippen LogP contribution in [0.1, 0.15) is 38.7 Å². The van der Waals surface area contributed by atoms with Crippen LogP contribution in [0.15, 0.2) is 24.3 Å². The van der Waals surface area contributed by atoms with Gasteiger partial charge in [0.25, 0.3) is 0 Å². The first-order chi connectivity index (χ1) is 8.51. The number of hydrogen-bond acceptors (Lipinski definition) is 3. The summed E-state index contributed by atoms with van der Waals surface area (Å²) < 4.78 is 5.81. The Bertz CT molecular complexity index is 409. The molecule has 3 heteroatoms. The lowest BCUT2D eigenvalue weighted by atomic mass is 9.91. The van der Waals surface area contributed by atoms with Crippen LogP contribution in [0.2, 0.25) is 0 Å². The van der Waals surface area contributed by atoms with E-state index in [4.69, 9.17) is 10.5 Å². The summed E-state index contributed by atoms with van der Waals surface area (Å²) in [6, 6.07) is 7.65. The van der Waals surface area contributed by atoms with Crippen molar-refractivity contribution in [2.75, 3.05) is 13.2 Å². The van der Waals surface area contributed by atoms with Crippen molar-refractivity contribution in [3.8, 4) is 5.75 Å². The second-order valence-electron chi connectivity index (χ2n) is 5.72. The topological polar surface area (TPSA) is 55.5 Å². The third-order valence-electron chi connectivity index (χ3n) is 3.98. The van der Waals surface area contributed by atoms with Crippen LogP contribution in [0.4, 0.5) is 0 Å². The van der Waals surface area contributed by atoms with Crippen molar-refractivity contribution in [3.05, 3.63) is 29.8 Å². The summed E-state index contributed by atoms with van der Waals surface area (Å²) in [5.41, 5.74) is 5.93. The normalized spacial score (nSPS) is 20.2. The highest BCUT2D eigenvalue weighted by Crippen LogP contribution is 2.45. The van der Waals surface area contributed by atoms with Crippen molar-refractivity contribution in [3.63, 3.8) is 0 Å². The maximum Gasteiger partial charge on any atom is 0.119 e. The third-order valence-corrected chi connectivity index (χ3v) is 3.98. The monoisotopic (exact) mass is 249 g/mol. The lowest BCUT2D eigenvalue weighted by Crippen LogP contribution is -2.34. The van der Waals surface area contributed by atoms with Crippen molar-refractivity contribution < 1.29 is 9.84 Å². The van der Waals surface area contributed by atoms with E-state index < -0.39 is 5.60 Å². The largest absolute Gasteiger partial charge is 0.493 e. The Morgan fingerprint density at radius 1 is 1.44 bits per heavy atom. The van der Waals surface area contributed by atoms with Crippen molar-refractivity contribution in [1.82, 2.24) is 0 Å². The van der Waals surface area contributed by atoms with Gasteiger partial charge in [0.05, 0.1) is 6.61 Å². The zero-order chi connectivity index (χ0) is 13.2. The molecular weight excluding hydrogens is 226 g/mol. The molecule has 2 rings (SSSR count). The molecule has 0 aromatic heterocycles. The highest BCUT2D eigenvalue weighted by atomic mass is 16.5. The minimum absolute atomic E-state index is 0.227. The van der Waals surface area contributed by atoms with Crippen molar-refractivity contribution in [1.29, 1.82) is 0 Å². The molecule has 1 aliphatic rings. The van der Waals surface area contributed by atoms with E-state index in [9.17, 15) is 5.11 Å². The summed E-state index contributed by atoms with van der Waals surface area (Å²) >= 11 is 0. The van der Waals surface area contributed by atoms with E-state index in [-0.39, 0.29) is 6.54 Å². The number of hydrogen-bond donors (Lipinski definition) is 2. The summed E-state index contributed by atoms with van der Waals surface area (Å²) in [6.07, 6.45) is 3.09. The average molecular weight is 249 g/mol. The fourth-order valence-electron chi connectivity index (χ4n) is 1.96. The molecule has 1 aliphatic carbocycles. The van der Waals surface area contributed by atoms with Crippen molar-refractivity contribution >= 4 is 0 Å². The van der Waals surface area contributed by atoms with E-state index in [1.165, 1.54) is 12.8 Å². The summed E-state index contributed by atoms with van der Waals surface area (Å²) in [5, 5.41) is 10.4. The van der Waals surface area contributed by atoms with E-state index in [1.54, 1.807) is 0 Å². The number of aliphatic hydroxyl groups is 1. The van der Waals surface area contributed by atoms with Gasteiger partial charge in [-0.05, 0) is 37.0 Å². The Balaban J connectivity index is 2.09. The molecule has 0 spiro atoms. The molecule has 100 valence electrons. The van der Waals surface area contributed by atoms with Gasteiger partial charge in [-0.1, -0.05) is 26.0 Å². The molecule has 1 aromatic rings. The summed E-state index contributed by atoms with van der Waals surface area (Å²) in [6.45, 7) is 5.15. The molecule has 0 unspecified atom stereocenters. The van der Waals surface area contributed by atoms with Crippen LogP contribution in [0.3, 0.4) is 0 Å². The molecule has 1 saturated carbocycles. The number of rotatable bonds is 6. The van der Waals surface area contributed by atoms with Crippen molar-refractivity contribution in [2.24, 2.45) is 11.1 Å². The Kier molecular flexibility index (Phi) is 3.64. The van der Waals surface area contributed by atoms with E-state index >= 15 is 0 Å². The maximum atomic E-state index is 10.4. The molecule has 18 heavy (non-hydrogen) atoms. The molecule has 1 atom stereocenters. The van der Waals surface area contributed by atoms with Crippen LogP contribution in [-0.2, 0) is 5.60 Å². The second-order valence-corrected chi connectivity index (χ2v) is 5.72. The van der Waals surface area contributed by atoms with Gasteiger partial charge in [-0.3, -0.25) is 0 Å². The minimum atomic E-state index is -0.942. The van der Waals surface area contributed by atoms with Gasteiger partial charge in [-0.2, -0.15) is 0 Å². The standard InChI is InChI=1S/C15H23NO2/c1-3-15(17,10-16)12-5-4-6-13(9-12)18-11-14(2)7-8-14/h4-6,9,17H,3,7-8,10-11,16H2,1-2H3/t15-/m1/s1. The highest BCUT2D eigenvalue weighted by molar-refractivity contribution is 5.32. The van der Waals surface area contributed by atoms with E-state index in [1.807, 2.05) is 31.2 Å². The molecule has 0 radical (unpaired) electrons. The lowest BCUT2D eigenvalue weighted by molar-refractivity contribution is 0.0415. The molecule has 0 saturated heterocycles. The van der Waals surface area contributed by atoms with E-state index in [0.29, 0.717) is 11.8 Å². The number of benzene rings is 1. The van der Waals surface area contributed by atoms with Gasteiger partial charge in [0.15, 0.2) is 0 Å². The molecule has 0 aliphatic heterocycles. The van der Waals surface area contributed by atoms with Gasteiger partial charge in [0.1, 0.15) is 11.4 Å². The van der Waals surface area contributed by atoms with Crippen LogP contribution in [0, 0.1) is 5.41 Å². The molecule has 0 amide bonds. The molecule has 1 fully saturated rings. The second kappa shape index (κ2) is 4.90. The van der Waals surface area contributed by atoms with Gasteiger partial charge >= 0.3 is 0 Å². The third kappa shape index (κ3) is 2.85. The maximum absolute atomic E-state index is 10.4. The number of nitrogens with two attached hydrogens (primary N) is 1. The SMILES string of the molecule is CC[C@@](O)(CN)c1cccc(OCC2(C)CC2)c1. The zero-order valence-corrected chi connectivity index (χ0v) is 11.3. The first kappa shape index (κ1) is 13.4. The van der Waals surface area contributed by atoms with Crippen LogP contribution in [0.25, 0.3) is 0 Å². The van der Waals surface area contributed by atoms with Gasteiger partial charge in [0.2, 0.25) is 0 Å². The van der Waals surface area contributed by atoms with Gasteiger partial charge in [0, 0.05) is 12.0 Å². The molecule has 0 bridgehead atoms. The Labute approximate surface area is 109 Å². The summed E-state index contributed by atoms with van der Waals surface area (Å²) in [7, 11) is 0. The Morgan fingerprint density at radius 2 is 2.17 bits per heavy atom. The van der Waals surface area contributed by atoms with Crippen LogP contribution in [0.5, 0.6) is 5.75 Å². The van der Waals surface area contributed by atoms with Gasteiger partial charge < -0.3 is 15.6 Å². The van der Waals surface area contributed by atoms with Crippen molar-refractivity contribution in [2.45, 2.75) is 38.7 Å². The smallest absolute Gasteiger partial charge is 0.119 e. The van der Waals surface area contributed by atoms with Gasteiger partial charge in [-0.25, -0.2) is 0 Å². The molecule has 1 aromatic carbocycles. The Morgan fingerprint density at radius 3 is 2.72 bits per heavy atom. The van der Waals surface area contributed by atoms with Crippen LogP contribution < -0.4 is 10.5 Å². The molecule has 3 nitrogen and oxygen atoms in total. The fourth-order valence-corrected chi connectivity index (χ4v) is 1.96. The predicted octanol–water partition coefficient (Wildman–Crippen LogP) is 2.42. The first-order valence-corrected chi connectivity index (χ1v) is 6.67. The zero-order valence-electron chi connectivity index (χ0n) is 11.3. The predicted molar refractivity (Wildman–Crippen MR) is 72.5 cm³/mol.